The molecule has 0 aliphatic carbocycles. The van der Waals surface area contributed by atoms with E-state index in [0.717, 1.165) is 25.7 Å². The third kappa shape index (κ3) is 5.69. The monoisotopic (exact) mass is 504 g/mol. The SMILES string of the molecule is CCCCCOc1ccc(C2/C(=C(\O)c3ccc(OCCC)cc3)C(=O)C(=O)N2c2cc(C)on2)cc1. The third-order valence-electron chi connectivity index (χ3n) is 6.12. The maximum atomic E-state index is 13.3. The number of ketones is 1. The van der Waals surface area contributed by atoms with E-state index in [1.807, 2.05) is 6.92 Å². The summed E-state index contributed by atoms with van der Waals surface area (Å²) in [5, 5.41) is 15.2. The van der Waals surface area contributed by atoms with Gasteiger partial charge in [0.15, 0.2) is 5.82 Å². The number of benzene rings is 2. The molecule has 1 unspecified atom stereocenters. The molecule has 1 amide bonds. The molecule has 0 radical (unpaired) electrons. The van der Waals surface area contributed by atoms with E-state index in [1.165, 1.54) is 4.90 Å². The van der Waals surface area contributed by atoms with E-state index in [0.29, 0.717) is 41.6 Å². The van der Waals surface area contributed by atoms with Gasteiger partial charge in [0.25, 0.3) is 5.78 Å². The Morgan fingerprint density at radius 3 is 2.19 bits per heavy atom. The first-order chi connectivity index (χ1) is 17.9. The van der Waals surface area contributed by atoms with E-state index in [4.69, 9.17) is 14.0 Å². The van der Waals surface area contributed by atoms with Crippen LogP contribution in [0.5, 0.6) is 11.5 Å². The number of nitrogens with zero attached hydrogens (tertiary/aromatic N) is 2. The standard InChI is InChI=1S/C29H32N2O6/c1-4-6-7-17-36-23-12-8-20(9-13-23)26-25(27(32)21-10-14-22(15-11-21)35-16-5-2)28(33)29(34)31(26)24-18-19(3)37-30-24/h8-15,18,26,32H,4-7,16-17H2,1-3H3/b27-25+. The van der Waals surface area contributed by atoms with Crippen LogP contribution in [-0.4, -0.2) is 35.2 Å². The molecule has 4 rings (SSSR count). The summed E-state index contributed by atoms with van der Waals surface area (Å²) in [7, 11) is 0. The molecule has 1 aliphatic heterocycles. The van der Waals surface area contributed by atoms with Crippen LogP contribution in [0.3, 0.4) is 0 Å². The Bertz CT molecular complexity index is 1260. The van der Waals surface area contributed by atoms with Gasteiger partial charge in [-0.3, -0.25) is 14.5 Å². The Balaban J connectivity index is 1.72. The number of rotatable bonds is 11. The first kappa shape index (κ1) is 26.0. The summed E-state index contributed by atoms with van der Waals surface area (Å²) in [6.07, 6.45) is 4.04. The minimum absolute atomic E-state index is 0.0236. The molecule has 2 aromatic carbocycles. The molecule has 8 nitrogen and oxygen atoms in total. The van der Waals surface area contributed by atoms with Gasteiger partial charge < -0.3 is 19.1 Å². The molecule has 1 fully saturated rings. The third-order valence-corrected chi connectivity index (χ3v) is 6.12. The summed E-state index contributed by atoms with van der Waals surface area (Å²) >= 11 is 0. The van der Waals surface area contributed by atoms with E-state index < -0.39 is 17.7 Å². The Hall–Kier alpha value is -4.07. The number of carbonyl (C=O) groups excluding carboxylic acids is 2. The fourth-order valence-corrected chi connectivity index (χ4v) is 4.22. The van der Waals surface area contributed by atoms with Crippen LogP contribution in [0.25, 0.3) is 5.76 Å². The number of aryl methyl sites for hydroxylation is 1. The predicted molar refractivity (Wildman–Crippen MR) is 140 cm³/mol. The van der Waals surface area contributed by atoms with Gasteiger partial charge in [0.2, 0.25) is 0 Å². The van der Waals surface area contributed by atoms with Gasteiger partial charge in [-0.15, -0.1) is 0 Å². The Morgan fingerprint density at radius 1 is 0.946 bits per heavy atom. The smallest absolute Gasteiger partial charge is 0.301 e. The molecular weight excluding hydrogens is 472 g/mol. The molecule has 1 atom stereocenters. The number of Topliss-reactive ketones (excluding diaryl/α,β-unsaturated/α-hetero) is 1. The van der Waals surface area contributed by atoms with E-state index in [2.05, 4.69) is 12.1 Å². The van der Waals surface area contributed by atoms with Gasteiger partial charge >= 0.3 is 5.91 Å². The van der Waals surface area contributed by atoms with Gasteiger partial charge in [-0.1, -0.05) is 44.0 Å². The van der Waals surface area contributed by atoms with Gasteiger partial charge in [-0.05, 0) is 61.7 Å². The number of aromatic nitrogens is 1. The van der Waals surface area contributed by atoms with E-state index in [9.17, 15) is 14.7 Å². The minimum atomic E-state index is -0.894. The summed E-state index contributed by atoms with van der Waals surface area (Å²) < 4.78 is 16.6. The van der Waals surface area contributed by atoms with Crippen molar-refractivity contribution < 1.29 is 28.7 Å². The molecule has 1 saturated heterocycles. The van der Waals surface area contributed by atoms with E-state index in [1.54, 1.807) is 61.5 Å². The van der Waals surface area contributed by atoms with Crippen molar-refractivity contribution in [2.45, 2.75) is 52.5 Å². The van der Waals surface area contributed by atoms with Crippen molar-refractivity contribution in [1.82, 2.24) is 5.16 Å². The van der Waals surface area contributed by atoms with Gasteiger partial charge in [0, 0.05) is 11.6 Å². The first-order valence-corrected chi connectivity index (χ1v) is 12.6. The van der Waals surface area contributed by atoms with Crippen molar-refractivity contribution >= 4 is 23.3 Å². The minimum Gasteiger partial charge on any atom is -0.507 e. The van der Waals surface area contributed by atoms with Crippen LogP contribution in [0.4, 0.5) is 5.82 Å². The predicted octanol–water partition coefficient (Wildman–Crippen LogP) is 5.97. The molecular formula is C29H32N2O6. The highest BCUT2D eigenvalue weighted by Crippen LogP contribution is 2.42. The lowest BCUT2D eigenvalue weighted by atomic mass is 9.95. The van der Waals surface area contributed by atoms with Crippen LogP contribution >= 0.6 is 0 Å². The number of unbranched alkanes of at least 4 members (excludes halogenated alkanes) is 2. The average Bonchev–Trinajstić information content (AvgIpc) is 3.45. The number of ether oxygens (including phenoxy) is 2. The molecule has 1 aliphatic rings. The molecule has 0 saturated carbocycles. The number of carbonyl (C=O) groups is 2. The van der Waals surface area contributed by atoms with Gasteiger partial charge in [-0.25, -0.2) is 0 Å². The zero-order valence-corrected chi connectivity index (χ0v) is 21.4. The molecule has 194 valence electrons. The van der Waals surface area contributed by atoms with Gasteiger partial charge in [0.1, 0.15) is 23.0 Å². The summed E-state index contributed by atoms with van der Waals surface area (Å²) in [5.74, 6) is 0.186. The summed E-state index contributed by atoms with van der Waals surface area (Å²) in [6.45, 7) is 7.04. The topological polar surface area (TPSA) is 102 Å². The van der Waals surface area contributed by atoms with Gasteiger partial charge in [0.05, 0.1) is 24.8 Å². The lowest BCUT2D eigenvalue weighted by Gasteiger charge is -2.23. The Morgan fingerprint density at radius 2 is 1.59 bits per heavy atom. The molecule has 3 aromatic rings. The van der Waals surface area contributed by atoms with Crippen LogP contribution < -0.4 is 14.4 Å². The Labute approximate surface area is 216 Å². The number of aliphatic hydroxyl groups is 1. The summed E-state index contributed by atoms with van der Waals surface area (Å²) in [6, 6.07) is 14.7. The van der Waals surface area contributed by atoms with Crippen LogP contribution in [-0.2, 0) is 9.59 Å². The summed E-state index contributed by atoms with van der Waals surface area (Å²) in [4.78, 5) is 27.7. The van der Waals surface area contributed by atoms with Crippen LogP contribution in [0.2, 0.25) is 0 Å². The highest BCUT2D eigenvalue weighted by Gasteiger charge is 2.48. The highest BCUT2D eigenvalue weighted by molar-refractivity contribution is 6.51. The highest BCUT2D eigenvalue weighted by atomic mass is 16.5. The molecule has 1 N–H and O–H groups in total. The zero-order valence-electron chi connectivity index (χ0n) is 21.4. The van der Waals surface area contributed by atoms with Crippen molar-refractivity contribution in [2.24, 2.45) is 0 Å². The summed E-state index contributed by atoms with van der Waals surface area (Å²) in [5.41, 5.74) is 1.01. The first-order valence-electron chi connectivity index (χ1n) is 12.6. The number of anilines is 1. The molecule has 37 heavy (non-hydrogen) atoms. The number of aliphatic hydroxyl groups excluding tert-OH is 1. The lowest BCUT2D eigenvalue weighted by molar-refractivity contribution is -0.132. The number of amides is 1. The van der Waals surface area contributed by atoms with Gasteiger partial charge in [-0.2, -0.15) is 0 Å². The van der Waals surface area contributed by atoms with E-state index >= 15 is 0 Å². The lowest BCUT2D eigenvalue weighted by Crippen LogP contribution is -2.29. The molecule has 2 heterocycles. The largest absolute Gasteiger partial charge is 0.507 e. The normalized spacial score (nSPS) is 16.8. The second-order valence-corrected chi connectivity index (χ2v) is 8.96. The zero-order chi connectivity index (χ0) is 26.4. The average molecular weight is 505 g/mol. The van der Waals surface area contributed by atoms with E-state index in [-0.39, 0.29) is 17.2 Å². The van der Waals surface area contributed by atoms with Crippen LogP contribution in [0.1, 0.15) is 62.5 Å². The molecule has 1 aromatic heterocycles. The Kier molecular flexibility index (Phi) is 8.28. The van der Waals surface area contributed by atoms with Crippen molar-refractivity contribution in [3.63, 3.8) is 0 Å². The number of hydrogen-bond acceptors (Lipinski definition) is 7. The quantitative estimate of drug-likeness (QED) is 0.149. The molecule has 0 bridgehead atoms. The molecule has 0 spiro atoms. The fraction of sp³-hybridized carbons (Fsp3) is 0.345. The maximum Gasteiger partial charge on any atom is 0.301 e. The second kappa shape index (κ2) is 11.8. The number of hydrogen-bond donors (Lipinski definition) is 1. The second-order valence-electron chi connectivity index (χ2n) is 8.96. The van der Waals surface area contributed by atoms with Crippen molar-refractivity contribution in [1.29, 1.82) is 0 Å². The molecule has 8 heteroatoms. The van der Waals surface area contributed by atoms with Crippen molar-refractivity contribution in [2.75, 3.05) is 18.1 Å². The van der Waals surface area contributed by atoms with Crippen molar-refractivity contribution in [3.05, 3.63) is 77.1 Å². The van der Waals surface area contributed by atoms with Crippen LogP contribution in [0.15, 0.2) is 64.7 Å². The van der Waals surface area contributed by atoms with Crippen LogP contribution in [0, 0.1) is 6.92 Å². The van der Waals surface area contributed by atoms with Crippen molar-refractivity contribution in [3.8, 4) is 11.5 Å². The fourth-order valence-electron chi connectivity index (χ4n) is 4.22. The maximum absolute atomic E-state index is 13.3.